The van der Waals surface area contributed by atoms with Crippen molar-refractivity contribution in [2.45, 2.75) is 58.0 Å². The monoisotopic (exact) mass is 267 g/mol. The van der Waals surface area contributed by atoms with Gasteiger partial charge in [-0.25, -0.2) is 4.98 Å². The molecule has 1 fully saturated rings. The summed E-state index contributed by atoms with van der Waals surface area (Å²) in [6.07, 6.45) is 8.42. The molecular formula is C14H25N3S. The Morgan fingerprint density at radius 3 is 2.94 bits per heavy atom. The van der Waals surface area contributed by atoms with Crippen LogP contribution in [0.4, 0.5) is 0 Å². The van der Waals surface area contributed by atoms with Gasteiger partial charge in [-0.15, -0.1) is 11.3 Å². The van der Waals surface area contributed by atoms with Crippen LogP contribution in [-0.2, 0) is 0 Å². The lowest BCUT2D eigenvalue weighted by Crippen LogP contribution is -2.37. The molecule has 4 heteroatoms. The highest BCUT2D eigenvalue weighted by atomic mass is 32.1. The van der Waals surface area contributed by atoms with Crippen LogP contribution < -0.4 is 11.1 Å². The summed E-state index contributed by atoms with van der Waals surface area (Å²) in [6, 6.07) is 0.726. The van der Waals surface area contributed by atoms with Gasteiger partial charge in [-0.3, -0.25) is 0 Å². The Labute approximate surface area is 114 Å². The van der Waals surface area contributed by atoms with Gasteiger partial charge in [-0.1, -0.05) is 19.3 Å². The summed E-state index contributed by atoms with van der Waals surface area (Å²) in [5.74, 6) is 0.635. The van der Waals surface area contributed by atoms with Crippen LogP contribution in [-0.4, -0.2) is 17.6 Å². The third-order valence-corrected chi connectivity index (χ3v) is 5.01. The summed E-state index contributed by atoms with van der Waals surface area (Å²) in [4.78, 5) is 5.72. The van der Waals surface area contributed by atoms with Crippen LogP contribution in [0.5, 0.6) is 0 Å². The van der Waals surface area contributed by atoms with E-state index < -0.39 is 0 Å². The van der Waals surface area contributed by atoms with Gasteiger partial charge >= 0.3 is 0 Å². The molecule has 1 saturated carbocycles. The molecule has 1 aliphatic carbocycles. The second-order valence-corrected chi connectivity index (χ2v) is 6.77. The van der Waals surface area contributed by atoms with Gasteiger partial charge in [0.2, 0.25) is 0 Å². The highest BCUT2D eigenvalue weighted by Gasteiger charge is 2.21. The minimum atomic E-state index is 0.346. The lowest BCUT2D eigenvalue weighted by atomic mass is 9.95. The number of hydrogen-bond acceptors (Lipinski definition) is 4. The number of rotatable bonds is 4. The normalized spacial score (nSPS) is 26.8. The topological polar surface area (TPSA) is 50.9 Å². The van der Waals surface area contributed by atoms with Gasteiger partial charge in [0.25, 0.3) is 0 Å². The van der Waals surface area contributed by atoms with Gasteiger partial charge in [-0.2, -0.15) is 0 Å². The highest BCUT2D eigenvalue weighted by Crippen LogP contribution is 2.23. The second kappa shape index (κ2) is 6.64. The van der Waals surface area contributed by atoms with Crippen molar-refractivity contribution in [3.8, 4) is 0 Å². The molecule has 0 aromatic carbocycles. The van der Waals surface area contributed by atoms with E-state index in [1.54, 1.807) is 11.3 Å². The average Bonchev–Trinajstić information content (AvgIpc) is 2.68. The van der Waals surface area contributed by atoms with E-state index in [1.165, 1.54) is 42.0 Å². The Kier molecular flexibility index (Phi) is 5.15. The van der Waals surface area contributed by atoms with Crippen molar-refractivity contribution in [3.63, 3.8) is 0 Å². The van der Waals surface area contributed by atoms with Crippen molar-refractivity contribution in [1.29, 1.82) is 0 Å². The SMILES string of the molecule is Cc1cnc(C(C)NCC2CCCCCC2N)s1. The first-order valence-electron chi connectivity index (χ1n) is 7.08. The molecule has 3 unspecified atom stereocenters. The van der Waals surface area contributed by atoms with Crippen molar-refractivity contribution < 1.29 is 0 Å². The molecule has 1 aromatic heterocycles. The molecular weight excluding hydrogens is 242 g/mol. The van der Waals surface area contributed by atoms with Crippen LogP contribution >= 0.6 is 11.3 Å². The quantitative estimate of drug-likeness (QED) is 0.825. The molecule has 0 aliphatic heterocycles. The predicted octanol–water partition coefficient (Wildman–Crippen LogP) is 3.01. The number of nitrogens with two attached hydrogens (primary N) is 1. The summed E-state index contributed by atoms with van der Waals surface area (Å²) in [7, 11) is 0. The third kappa shape index (κ3) is 3.77. The molecule has 0 spiro atoms. The molecule has 3 nitrogen and oxygen atoms in total. The lowest BCUT2D eigenvalue weighted by molar-refractivity contribution is 0.359. The fraction of sp³-hybridized carbons (Fsp3) is 0.786. The van der Waals surface area contributed by atoms with E-state index in [1.807, 2.05) is 6.20 Å². The van der Waals surface area contributed by atoms with Gasteiger partial charge in [0.15, 0.2) is 0 Å². The van der Waals surface area contributed by atoms with E-state index in [-0.39, 0.29) is 0 Å². The Morgan fingerprint density at radius 1 is 1.44 bits per heavy atom. The van der Waals surface area contributed by atoms with E-state index in [9.17, 15) is 0 Å². The van der Waals surface area contributed by atoms with Crippen LogP contribution in [0.1, 0.15) is 55.0 Å². The zero-order valence-electron chi connectivity index (χ0n) is 11.5. The van der Waals surface area contributed by atoms with Crippen molar-refractivity contribution in [2.75, 3.05) is 6.54 Å². The molecule has 0 saturated heterocycles. The van der Waals surface area contributed by atoms with Crippen molar-refractivity contribution in [2.24, 2.45) is 11.7 Å². The maximum absolute atomic E-state index is 6.25. The zero-order chi connectivity index (χ0) is 13.0. The number of nitrogens with one attached hydrogen (secondary N) is 1. The van der Waals surface area contributed by atoms with Crippen LogP contribution in [0.25, 0.3) is 0 Å². The maximum atomic E-state index is 6.25. The van der Waals surface area contributed by atoms with Crippen molar-refractivity contribution in [3.05, 3.63) is 16.1 Å². The van der Waals surface area contributed by atoms with Crippen molar-refractivity contribution >= 4 is 11.3 Å². The fourth-order valence-electron chi connectivity index (χ4n) is 2.65. The van der Waals surface area contributed by atoms with E-state index in [0.717, 1.165) is 6.54 Å². The molecule has 3 atom stereocenters. The van der Waals surface area contributed by atoms with Gasteiger partial charge in [0, 0.05) is 23.7 Å². The summed E-state index contributed by atoms with van der Waals surface area (Å²) in [5.41, 5.74) is 6.25. The Bertz CT molecular complexity index is 364. The fourth-order valence-corrected chi connectivity index (χ4v) is 3.46. The van der Waals surface area contributed by atoms with Crippen LogP contribution in [0, 0.1) is 12.8 Å². The highest BCUT2D eigenvalue weighted by molar-refractivity contribution is 7.11. The number of nitrogens with zero attached hydrogens (tertiary/aromatic N) is 1. The molecule has 0 amide bonds. The Balaban J connectivity index is 1.82. The number of hydrogen-bond donors (Lipinski definition) is 2. The van der Waals surface area contributed by atoms with Gasteiger partial charge < -0.3 is 11.1 Å². The standard InChI is InChI=1S/C14H25N3S/c1-10-8-17-14(18-10)11(2)16-9-12-6-4-3-5-7-13(12)15/h8,11-13,16H,3-7,9,15H2,1-2H3. The average molecular weight is 267 g/mol. The molecule has 18 heavy (non-hydrogen) atoms. The van der Waals surface area contributed by atoms with Gasteiger partial charge in [-0.05, 0) is 32.6 Å². The van der Waals surface area contributed by atoms with E-state index >= 15 is 0 Å². The molecule has 3 N–H and O–H groups in total. The smallest absolute Gasteiger partial charge is 0.109 e. The molecule has 1 aliphatic rings. The largest absolute Gasteiger partial charge is 0.327 e. The first-order valence-corrected chi connectivity index (χ1v) is 7.89. The minimum absolute atomic E-state index is 0.346. The van der Waals surface area contributed by atoms with Crippen LogP contribution in [0.2, 0.25) is 0 Å². The molecule has 1 aromatic rings. The number of thiazole rings is 1. The molecule has 0 radical (unpaired) electrons. The van der Waals surface area contributed by atoms with E-state index in [2.05, 4.69) is 24.1 Å². The molecule has 1 heterocycles. The summed E-state index contributed by atoms with van der Waals surface area (Å²) in [5, 5.41) is 4.80. The summed E-state index contributed by atoms with van der Waals surface area (Å²) >= 11 is 1.78. The van der Waals surface area contributed by atoms with Crippen molar-refractivity contribution in [1.82, 2.24) is 10.3 Å². The Hall–Kier alpha value is -0.450. The summed E-state index contributed by atoms with van der Waals surface area (Å²) < 4.78 is 0. The zero-order valence-corrected chi connectivity index (χ0v) is 12.3. The maximum Gasteiger partial charge on any atom is 0.109 e. The van der Waals surface area contributed by atoms with Gasteiger partial charge in [0.1, 0.15) is 5.01 Å². The first-order chi connectivity index (χ1) is 8.66. The number of aryl methyl sites for hydroxylation is 1. The summed E-state index contributed by atoms with van der Waals surface area (Å²) in [6.45, 7) is 5.33. The third-order valence-electron chi connectivity index (χ3n) is 3.91. The first kappa shape index (κ1) is 14.0. The second-order valence-electron chi connectivity index (χ2n) is 5.50. The van der Waals surface area contributed by atoms with E-state index in [4.69, 9.17) is 5.73 Å². The van der Waals surface area contributed by atoms with Crippen LogP contribution in [0.3, 0.4) is 0 Å². The number of aromatic nitrogens is 1. The lowest BCUT2D eigenvalue weighted by Gasteiger charge is -2.23. The minimum Gasteiger partial charge on any atom is -0.327 e. The Morgan fingerprint density at radius 2 is 2.22 bits per heavy atom. The molecule has 0 bridgehead atoms. The predicted molar refractivity (Wildman–Crippen MR) is 77.8 cm³/mol. The van der Waals surface area contributed by atoms with Crippen LogP contribution in [0.15, 0.2) is 6.20 Å². The van der Waals surface area contributed by atoms with E-state index in [0.29, 0.717) is 18.0 Å². The molecule has 102 valence electrons. The van der Waals surface area contributed by atoms with Gasteiger partial charge in [0.05, 0.1) is 6.04 Å². The molecule has 2 rings (SSSR count).